The van der Waals surface area contributed by atoms with Crippen molar-refractivity contribution in [3.05, 3.63) is 24.3 Å². The van der Waals surface area contributed by atoms with E-state index in [9.17, 15) is 30.3 Å². The Morgan fingerprint density at radius 1 is 0.541 bits per heavy atom. The third-order valence-corrected chi connectivity index (χ3v) is 12.5. The standard InChI is InChI=1S/C52H99NO8/c1-3-5-7-9-10-11-12-13-14-15-16-17-18-19-20-21-22-23-24-25-26-27-28-29-30-31-32-33-34-35-36-38-40-42-48(56)53-45(46(55)41-39-37-8-6-4-2)44-60-52-51(59)50(58)49(57)47(43-54)61-52/h15-16,39,41,45-47,49-52,54-55,57-59H,3-14,17-38,40,42-44H2,1-2H3,(H,53,56)/b16-15-,41-39+. The maximum atomic E-state index is 12.9. The van der Waals surface area contributed by atoms with Gasteiger partial charge in [0.05, 0.1) is 25.4 Å². The van der Waals surface area contributed by atoms with E-state index in [0.29, 0.717) is 6.42 Å². The van der Waals surface area contributed by atoms with Crippen LogP contribution in [0.5, 0.6) is 0 Å². The molecule has 6 N–H and O–H groups in total. The number of aliphatic hydroxyl groups is 5. The van der Waals surface area contributed by atoms with Gasteiger partial charge in [-0.05, 0) is 44.9 Å². The van der Waals surface area contributed by atoms with Gasteiger partial charge in [0.25, 0.3) is 0 Å². The lowest BCUT2D eigenvalue weighted by Crippen LogP contribution is -2.60. The van der Waals surface area contributed by atoms with E-state index in [4.69, 9.17) is 9.47 Å². The number of ether oxygens (including phenoxy) is 2. The highest BCUT2D eigenvalue weighted by Crippen LogP contribution is 2.23. The van der Waals surface area contributed by atoms with Gasteiger partial charge in [-0.3, -0.25) is 4.79 Å². The van der Waals surface area contributed by atoms with Gasteiger partial charge in [0.1, 0.15) is 24.4 Å². The van der Waals surface area contributed by atoms with Gasteiger partial charge in [0, 0.05) is 6.42 Å². The molecule has 9 nitrogen and oxygen atoms in total. The van der Waals surface area contributed by atoms with Gasteiger partial charge >= 0.3 is 0 Å². The number of aliphatic hydroxyl groups excluding tert-OH is 5. The Morgan fingerprint density at radius 2 is 0.918 bits per heavy atom. The molecule has 7 atom stereocenters. The van der Waals surface area contributed by atoms with Crippen LogP contribution in [0.25, 0.3) is 0 Å². The van der Waals surface area contributed by atoms with E-state index in [1.54, 1.807) is 6.08 Å². The molecular weight excluding hydrogens is 767 g/mol. The van der Waals surface area contributed by atoms with Crippen molar-refractivity contribution in [2.75, 3.05) is 13.2 Å². The summed E-state index contributed by atoms with van der Waals surface area (Å²) in [4.78, 5) is 12.9. The molecule has 360 valence electrons. The lowest BCUT2D eigenvalue weighted by Gasteiger charge is -2.40. The summed E-state index contributed by atoms with van der Waals surface area (Å²) in [7, 11) is 0. The highest BCUT2D eigenvalue weighted by atomic mass is 16.7. The minimum absolute atomic E-state index is 0.181. The topological polar surface area (TPSA) is 149 Å². The second-order valence-electron chi connectivity index (χ2n) is 18.3. The van der Waals surface area contributed by atoms with Crippen molar-refractivity contribution in [2.45, 2.75) is 288 Å². The number of rotatable bonds is 44. The van der Waals surface area contributed by atoms with Gasteiger partial charge in [-0.25, -0.2) is 0 Å². The van der Waals surface area contributed by atoms with Crippen LogP contribution < -0.4 is 5.32 Å². The second-order valence-corrected chi connectivity index (χ2v) is 18.3. The summed E-state index contributed by atoms with van der Waals surface area (Å²) in [5, 5.41) is 53.8. The van der Waals surface area contributed by atoms with Crippen LogP contribution in [0.15, 0.2) is 24.3 Å². The van der Waals surface area contributed by atoms with E-state index in [1.165, 1.54) is 180 Å². The first-order chi connectivity index (χ1) is 29.8. The number of hydrogen-bond donors (Lipinski definition) is 6. The molecule has 9 heteroatoms. The third-order valence-electron chi connectivity index (χ3n) is 12.5. The fraction of sp³-hybridized carbons (Fsp3) is 0.904. The van der Waals surface area contributed by atoms with Crippen molar-refractivity contribution in [1.29, 1.82) is 0 Å². The molecule has 1 aliphatic rings. The van der Waals surface area contributed by atoms with Gasteiger partial charge in [-0.15, -0.1) is 0 Å². The van der Waals surface area contributed by atoms with Crippen molar-refractivity contribution in [3.8, 4) is 0 Å². The van der Waals surface area contributed by atoms with Gasteiger partial charge in [0.2, 0.25) is 5.91 Å². The molecule has 0 radical (unpaired) electrons. The summed E-state index contributed by atoms with van der Waals surface area (Å²) in [5.74, 6) is -0.181. The van der Waals surface area contributed by atoms with Crippen LogP contribution in [0.4, 0.5) is 0 Å². The van der Waals surface area contributed by atoms with Crippen LogP contribution >= 0.6 is 0 Å². The highest BCUT2D eigenvalue weighted by Gasteiger charge is 2.44. The molecule has 1 rings (SSSR count). The maximum absolute atomic E-state index is 12.9. The summed E-state index contributed by atoms with van der Waals surface area (Å²) in [6.45, 7) is 3.67. The van der Waals surface area contributed by atoms with Crippen LogP contribution in [0.2, 0.25) is 0 Å². The van der Waals surface area contributed by atoms with E-state index < -0.39 is 49.5 Å². The van der Waals surface area contributed by atoms with E-state index in [2.05, 4.69) is 31.3 Å². The Labute approximate surface area is 375 Å². The van der Waals surface area contributed by atoms with Gasteiger partial charge in [0.15, 0.2) is 6.29 Å². The molecule has 61 heavy (non-hydrogen) atoms. The van der Waals surface area contributed by atoms with Gasteiger partial charge in [-0.2, -0.15) is 0 Å². The summed E-state index contributed by atoms with van der Waals surface area (Å²) in [6, 6.07) is -0.797. The van der Waals surface area contributed by atoms with Crippen LogP contribution in [-0.4, -0.2) is 87.5 Å². The Balaban J connectivity index is 1.99. The molecule has 0 aromatic rings. The molecule has 1 fully saturated rings. The van der Waals surface area contributed by atoms with Crippen LogP contribution in [0.1, 0.15) is 245 Å². The van der Waals surface area contributed by atoms with E-state index in [-0.39, 0.29) is 12.5 Å². The van der Waals surface area contributed by atoms with Crippen LogP contribution in [-0.2, 0) is 14.3 Å². The molecule has 1 aliphatic heterocycles. The molecule has 1 heterocycles. The van der Waals surface area contributed by atoms with Crippen LogP contribution in [0.3, 0.4) is 0 Å². The number of nitrogens with one attached hydrogen (secondary N) is 1. The lowest BCUT2D eigenvalue weighted by molar-refractivity contribution is -0.302. The Morgan fingerprint density at radius 3 is 1.36 bits per heavy atom. The molecule has 0 saturated carbocycles. The first kappa shape index (κ1) is 57.7. The van der Waals surface area contributed by atoms with Crippen LogP contribution in [0, 0.1) is 0 Å². The van der Waals surface area contributed by atoms with E-state index >= 15 is 0 Å². The Bertz CT molecular complexity index is 1010. The first-order valence-electron chi connectivity index (χ1n) is 26.1. The number of unbranched alkanes of at least 4 members (excludes halogenated alkanes) is 32. The summed E-state index contributed by atoms with van der Waals surface area (Å²) in [5.41, 5.74) is 0. The smallest absolute Gasteiger partial charge is 0.220 e. The van der Waals surface area contributed by atoms with E-state index in [1.807, 2.05) is 6.08 Å². The molecule has 0 aliphatic carbocycles. The number of amides is 1. The predicted octanol–water partition coefficient (Wildman–Crippen LogP) is 11.8. The van der Waals surface area contributed by atoms with Gasteiger partial charge in [-0.1, -0.05) is 218 Å². The summed E-state index contributed by atoms with van der Waals surface area (Å²) in [6.07, 6.45) is 46.1. The average Bonchev–Trinajstić information content (AvgIpc) is 3.26. The number of allylic oxidation sites excluding steroid dienone is 3. The molecular formula is C52H99NO8. The SMILES string of the molecule is CCCCC/C=C/C(O)C(COC1OC(CO)C(O)C(O)C1O)NC(=O)CCCCCCCCCCCCCCCCCCCCCCC/C=C\CCCCCCCCCC. The molecule has 0 aromatic heterocycles. The molecule has 1 saturated heterocycles. The van der Waals surface area contributed by atoms with Crippen molar-refractivity contribution in [2.24, 2.45) is 0 Å². The lowest BCUT2D eigenvalue weighted by atomic mass is 9.99. The average molecular weight is 866 g/mol. The van der Waals surface area contributed by atoms with Crippen molar-refractivity contribution < 1.29 is 39.8 Å². The monoisotopic (exact) mass is 866 g/mol. The highest BCUT2D eigenvalue weighted by molar-refractivity contribution is 5.76. The molecule has 1 amide bonds. The Hall–Kier alpha value is -1.33. The van der Waals surface area contributed by atoms with Crippen molar-refractivity contribution >= 4 is 5.91 Å². The third kappa shape index (κ3) is 32.9. The minimum Gasteiger partial charge on any atom is -0.394 e. The first-order valence-corrected chi connectivity index (χ1v) is 26.1. The number of hydrogen-bond acceptors (Lipinski definition) is 8. The zero-order chi connectivity index (χ0) is 44.4. The summed E-state index contributed by atoms with van der Waals surface area (Å²) < 4.78 is 11.1. The number of carbonyl (C=O) groups excluding carboxylic acids is 1. The fourth-order valence-electron chi connectivity index (χ4n) is 8.33. The fourth-order valence-corrected chi connectivity index (χ4v) is 8.33. The normalized spacial score (nSPS) is 20.5. The predicted molar refractivity (Wildman–Crippen MR) is 253 cm³/mol. The van der Waals surface area contributed by atoms with Gasteiger partial charge < -0.3 is 40.3 Å². The molecule has 0 spiro atoms. The molecule has 0 bridgehead atoms. The molecule has 0 aromatic carbocycles. The zero-order valence-corrected chi connectivity index (χ0v) is 39.7. The van der Waals surface area contributed by atoms with E-state index in [0.717, 1.165) is 44.9 Å². The summed E-state index contributed by atoms with van der Waals surface area (Å²) >= 11 is 0. The largest absolute Gasteiger partial charge is 0.394 e. The zero-order valence-electron chi connectivity index (χ0n) is 39.7. The molecule has 7 unspecified atom stereocenters. The maximum Gasteiger partial charge on any atom is 0.220 e. The minimum atomic E-state index is -1.56. The van der Waals surface area contributed by atoms with Crippen molar-refractivity contribution in [1.82, 2.24) is 5.32 Å². The number of carbonyl (C=O) groups is 1. The van der Waals surface area contributed by atoms with Crippen molar-refractivity contribution in [3.63, 3.8) is 0 Å². The Kier molecular flexibility index (Phi) is 40.3. The quantitative estimate of drug-likeness (QED) is 0.0262. The second kappa shape index (κ2) is 42.6.